The first-order chi connectivity index (χ1) is 20.7. The number of aliphatic hydroxyl groups excluding tert-OH is 1. The van der Waals surface area contributed by atoms with Crippen LogP contribution in [-0.2, 0) is 23.4 Å². The zero-order valence-electron chi connectivity index (χ0n) is 23.3. The van der Waals surface area contributed by atoms with Gasteiger partial charge in [0.15, 0.2) is 8.46 Å². The van der Waals surface area contributed by atoms with Gasteiger partial charge in [-0.2, -0.15) is 23.3 Å². The maximum Gasteiger partial charge on any atom is 0.421 e. The minimum absolute atomic E-state index is 0.0719. The standard InChI is InChI=1S/C28H29F3N7O4P/c1-32-26(40)20-12-18(19-13-34-38(15-19)9-3-4-10-39)6-8-22(20)35-25-21(28(29,30)31)14-33-27(37-25)36-23-7-5-17(16-43-41)11-24(23)42-2/h5-8,11-15,39H,3-4,9-10,16H2,1-2H3,(H,32,40)(H2,33,35,36,37). The number of hydrogen-bond acceptors (Lipinski definition) is 9. The van der Waals surface area contributed by atoms with Gasteiger partial charge in [-0.3, -0.25) is 14.0 Å². The fraction of sp³-hybridized carbons (Fsp3) is 0.286. The Morgan fingerprint density at radius 2 is 1.86 bits per heavy atom. The van der Waals surface area contributed by atoms with Crippen molar-refractivity contribution in [2.24, 2.45) is 0 Å². The third kappa shape index (κ3) is 7.85. The summed E-state index contributed by atoms with van der Waals surface area (Å²) < 4.78 is 60.0. The molecule has 1 amide bonds. The van der Waals surface area contributed by atoms with Crippen LogP contribution in [0.3, 0.4) is 0 Å². The van der Waals surface area contributed by atoms with E-state index in [-0.39, 0.29) is 38.4 Å². The molecule has 226 valence electrons. The molecule has 0 spiro atoms. The fourth-order valence-electron chi connectivity index (χ4n) is 4.18. The molecule has 0 fully saturated rings. The van der Waals surface area contributed by atoms with E-state index in [4.69, 9.17) is 9.84 Å². The predicted molar refractivity (Wildman–Crippen MR) is 155 cm³/mol. The van der Waals surface area contributed by atoms with Gasteiger partial charge in [-0.25, -0.2) is 4.98 Å². The SMILES string of the molecule is CNC(=O)c1cc(-c2cnn(CCCCO)c2)ccc1Nc1nc(Nc2ccc(CP=O)cc2OC)ncc1C(F)(F)F. The van der Waals surface area contributed by atoms with Crippen LogP contribution in [0.5, 0.6) is 5.75 Å². The van der Waals surface area contributed by atoms with E-state index >= 15 is 0 Å². The van der Waals surface area contributed by atoms with Gasteiger partial charge in [-0.1, -0.05) is 12.1 Å². The molecule has 0 atom stereocenters. The summed E-state index contributed by atoms with van der Waals surface area (Å²) in [6, 6.07) is 9.66. The van der Waals surface area contributed by atoms with E-state index in [1.165, 1.54) is 20.2 Å². The van der Waals surface area contributed by atoms with Crippen LogP contribution in [0, 0.1) is 0 Å². The average Bonchev–Trinajstić information content (AvgIpc) is 3.46. The number of nitrogens with zero attached hydrogens (tertiary/aromatic N) is 4. The second-order valence-electron chi connectivity index (χ2n) is 9.29. The third-order valence-corrected chi connectivity index (χ3v) is 6.85. The smallest absolute Gasteiger partial charge is 0.421 e. The summed E-state index contributed by atoms with van der Waals surface area (Å²) in [6.45, 7) is 0.686. The van der Waals surface area contributed by atoms with Crippen LogP contribution < -0.4 is 20.7 Å². The van der Waals surface area contributed by atoms with Crippen molar-refractivity contribution >= 4 is 37.5 Å². The Labute approximate surface area is 246 Å². The molecule has 2 aromatic carbocycles. The van der Waals surface area contributed by atoms with Gasteiger partial charge in [0.25, 0.3) is 5.91 Å². The topological polar surface area (TPSA) is 143 Å². The largest absolute Gasteiger partial charge is 0.495 e. The van der Waals surface area contributed by atoms with Crippen molar-refractivity contribution < 1.29 is 32.4 Å². The molecule has 4 N–H and O–H groups in total. The molecule has 43 heavy (non-hydrogen) atoms. The van der Waals surface area contributed by atoms with E-state index in [0.717, 1.165) is 12.0 Å². The van der Waals surface area contributed by atoms with Crippen molar-refractivity contribution in [2.45, 2.75) is 31.7 Å². The summed E-state index contributed by atoms with van der Waals surface area (Å²) in [5.74, 6) is -0.896. The number of aryl methyl sites for hydroxylation is 1. The zero-order valence-corrected chi connectivity index (χ0v) is 24.2. The van der Waals surface area contributed by atoms with Gasteiger partial charge < -0.3 is 25.8 Å². The Hall–Kier alpha value is -4.55. The molecule has 0 saturated carbocycles. The molecule has 0 aliphatic heterocycles. The lowest BCUT2D eigenvalue weighted by Crippen LogP contribution is -2.20. The fourth-order valence-corrected chi connectivity index (χ4v) is 4.53. The van der Waals surface area contributed by atoms with Crippen molar-refractivity contribution in [3.63, 3.8) is 0 Å². The molecule has 0 aliphatic rings. The molecule has 11 nitrogen and oxygen atoms in total. The lowest BCUT2D eigenvalue weighted by molar-refractivity contribution is -0.137. The van der Waals surface area contributed by atoms with Gasteiger partial charge in [0.1, 0.15) is 17.1 Å². The average molecular weight is 616 g/mol. The van der Waals surface area contributed by atoms with E-state index in [0.29, 0.717) is 41.7 Å². The molecular weight excluding hydrogens is 586 g/mol. The molecule has 0 saturated heterocycles. The van der Waals surface area contributed by atoms with Crippen molar-refractivity contribution in [1.29, 1.82) is 0 Å². The number of nitrogens with one attached hydrogen (secondary N) is 3. The maximum atomic E-state index is 14.0. The summed E-state index contributed by atoms with van der Waals surface area (Å²) in [5.41, 5.74) is 1.49. The number of methoxy groups -OCH3 is 1. The molecule has 4 aromatic rings. The van der Waals surface area contributed by atoms with Gasteiger partial charge in [0, 0.05) is 38.2 Å². The van der Waals surface area contributed by atoms with E-state index in [2.05, 4.69) is 31.0 Å². The van der Waals surface area contributed by atoms with E-state index < -0.39 is 23.5 Å². The van der Waals surface area contributed by atoms with Crippen LogP contribution in [0.15, 0.2) is 55.0 Å². The minimum atomic E-state index is -4.80. The highest BCUT2D eigenvalue weighted by Gasteiger charge is 2.35. The van der Waals surface area contributed by atoms with Crippen molar-refractivity contribution in [1.82, 2.24) is 25.1 Å². The van der Waals surface area contributed by atoms with E-state index in [1.807, 2.05) is 0 Å². The summed E-state index contributed by atoms with van der Waals surface area (Å²) in [4.78, 5) is 20.8. The Kier molecular flexibility index (Phi) is 10.3. The number of unbranched alkanes of at least 4 members (excludes halogenated alkanes) is 1. The number of hydrogen-bond donors (Lipinski definition) is 4. The highest BCUT2D eigenvalue weighted by molar-refractivity contribution is 7.22. The summed E-state index contributed by atoms with van der Waals surface area (Å²) >= 11 is 0. The highest BCUT2D eigenvalue weighted by Crippen LogP contribution is 2.37. The normalized spacial score (nSPS) is 11.4. The third-order valence-electron chi connectivity index (χ3n) is 6.36. The molecule has 0 aliphatic carbocycles. The molecule has 4 rings (SSSR count). The summed E-state index contributed by atoms with van der Waals surface area (Å²) in [5, 5.41) is 21.4. The van der Waals surface area contributed by atoms with Crippen LogP contribution in [-0.4, -0.2) is 51.5 Å². The molecule has 0 unspecified atom stereocenters. The number of carbonyl (C=O) groups is 1. The number of aliphatic hydroxyl groups is 1. The van der Waals surface area contributed by atoms with Crippen LogP contribution in [0.25, 0.3) is 11.1 Å². The molecule has 0 bridgehead atoms. The Balaban J connectivity index is 1.68. The lowest BCUT2D eigenvalue weighted by atomic mass is 10.0. The first kappa shape index (κ1) is 31.4. The van der Waals surface area contributed by atoms with Crippen LogP contribution in [0.2, 0.25) is 0 Å². The Bertz CT molecular complexity index is 1600. The van der Waals surface area contributed by atoms with Gasteiger partial charge in [-0.15, -0.1) is 0 Å². The minimum Gasteiger partial charge on any atom is -0.495 e. The Morgan fingerprint density at radius 3 is 2.56 bits per heavy atom. The number of rotatable bonds is 13. The molecule has 15 heteroatoms. The number of ether oxygens (including phenoxy) is 1. The first-order valence-corrected chi connectivity index (χ1v) is 14.1. The monoisotopic (exact) mass is 615 g/mol. The van der Waals surface area contributed by atoms with Crippen LogP contribution >= 0.6 is 8.46 Å². The Morgan fingerprint density at radius 1 is 1.07 bits per heavy atom. The summed E-state index contributed by atoms with van der Waals surface area (Å²) in [6.07, 6.45) is 0.905. The molecule has 2 aromatic heterocycles. The number of halogens is 3. The number of aromatic nitrogens is 4. The second kappa shape index (κ2) is 14.1. The van der Waals surface area contributed by atoms with Crippen molar-refractivity contribution in [2.75, 3.05) is 31.4 Å². The quantitative estimate of drug-likeness (QED) is 0.109. The van der Waals surface area contributed by atoms with Crippen LogP contribution in [0.1, 0.15) is 34.3 Å². The van der Waals surface area contributed by atoms with Gasteiger partial charge in [-0.05, 0) is 48.2 Å². The number of carbonyl (C=O) groups excluding carboxylic acids is 1. The predicted octanol–water partition coefficient (Wildman–Crippen LogP) is 5.78. The second-order valence-corrected chi connectivity index (χ2v) is 9.86. The molecule has 2 heterocycles. The van der Waals surface area contributed by atoms with Gasteiger partial charge >= 0.3 is 6.18 Å². The van der Waals surface area contributed by atoms with Crippen molar-refractivity contribution in [3.8, 4) is 16.9 Å². The maximum absolute atomic E-state index is 14.0. The van der Waals surface area contributed by atoms with Crippen LogP contribution in [0.4, 0.5) is 36.3 Å². The number of alkyl halides is 3. The van der Waals surface area contributed by atoms with E-state index in [9.17, 15) is 22.5 Å². The van der Waals surface area contributed by atoms with Gasteiger partial charge in [0.2, 0.25) is 5.95 Å². The van der Waals surface area contributed by atoms with Crippen molar-refractivity contribution in [3.05, 3.63) is 71.7 Å². The number of benzene rings is 2. The highest BCUT2D eigenvalue weighted by atomic mass is 31.1. The summed E-state index contributed by atoms with van der Waals surface area (Å²) in [7, 11) is 2.77. The molecular formula is C28H29F3N7O4P. The van der Waals surface area contributed by atoms with Gasteiger partial charge in [0.05, 0.1) is 36.4 Å². The lowest BCUT2D eigenvalue weighted by Gasteiger charge is -2.17. The first-order valence-electron chi connectivity index (χ1n) is 13.1. The van der Waals surface area contributed by atoms with E-state index in [1.54, 1.807) is 47.4 Å². The zero-order chi connectivity index (χ0) is 31.0. The number of anilines is 4. The molecule has 0 radical (unpaired) electrons. The number of amides is 1.